The van der Waals surface area contributed by atoms with Crippen molar-refractivity contribution in [2.75, 3.05) is 10.6 Å². The minimum Gasteiger partial charge on any atom is -0.384 e. The molecule has 1 aromatic heterocycles. The largest absolute Gasteiger partial charge is 0.384 e. The minimum absolute atomic E-state index is 0.375. The summed E-state index contributed by atoms with van der Waals surface area (Å²) in [5.41, 5.74) is 7.03. The molecule has 0 spiro atoms. The second-order valence-electron chi connectivity index (χ2n) is 4.63. The SMILES string of the molecule is CC(C)N(Cc1ccccc1)c1cccc(N)n1. The van der Waals surface area contributed by atoms with Gasteiger partial charge in [0.2, 0.25) is 0 Å². The summed E-state index contributed by atoms with van der Waals surface area (Å²) in [6.07, 6.45) is 0. The lowest BCUT2D eigenvalue weighted by molar-refractivity contribution is 0.673. The van der Waals surface area contributed by atoms with E-state index in [0.717, 1.165) is 12.4 Å². The van der Waals surface area contributed by atoms with E-state index in [2.05, 4.69) is 48.0 Å². The Kier molecular flexibility index (Phi) is 3.82. The first-order valence-electron chi connectivity index (χ1n) is 6.20. The number of hydrogen-bond donors (Lipinski definition) is 1. The zero-order valence-electron chi connectivity index (χ0n) is 10.9. The summed E-state index contributed by atoms with van der Waals surface area (Å²) >= 11 is 0. The smallest absolute Gasteiger partial charge is 0.131 e. The van der Waals surface area contributed by atoms with Gasteiger partial charge in [-0.2, -0.15) is 0 Å². The van der Waals surface area contributed by atoms with Gasteiger partial charge in [-0.3, -0.25) is 0 Å². The van der Waals surface area contributed by atoms with Crippen molar-refractivity contribution in [1.29, 1.82) is 0 Å². The second-order valence-corrected chi connectivity index (χ2v) is 4.63. The van der Waals surface area contributed by atoms with E-state index in [0.29, 0.717) is 11.9 Å². The first-order valence-corrected chi connectivity index (χ1v) is 6.20. The third-order valence-corrected chi connectivity index (χ3v) is 2.87. The molecule has 0 saturated carbocycles. The highest BCUT2D eigenvalue weighted by atomic mass is 15.2. The molecule has 1 aromatic carbocycles. The minimum atomic E-state index is 0.375. The summed E-state index contributed by atoms with van der Waals surface area (Å²) in [5.74, 6) is 1.49. The standard InChI is InChI=1S/C15H19N3/c1-12(2)18(11-13-7-4-3-5-8-13)15-10-6-9-14(16)17-15/h3-10,12H,11H2,1-2H3,(H2,16,17). The third-order valence-electron chi connectivity index (χ3n) is 2.87. The normalized spacial score (nSPS) is 10.6. The molecule has 18 heavy (non-hydrogen) atoms. The van der Waals surface area contributed by atoms with Crippen molar-refractivity contribution >= 4 is 11.6 Å². The Labute approximate surface area is 108 Å². The average molecular weight is 241 g/mol. The van der Waals surface area contributed by atoms with Crippen LogP contribution < -0.4 is 10.6 Å². The van der Waals surface area contributed by atoms with Gasteiger partial charge < -0.3 is 10.6 Å². The highest BCUT2D eigenvalue weighted by molar-refractivity contribution is 5.46. The Morgan fingerprint density at radius 1 is 1.06 bits per heavy atom. The van der Waals surface area contributed by atoms with Crippen LogP contribution in [0.3, 0.4) is 0 Å². The molecule has 94 valence electrons. The van der Waals surface area contributed by atoms with Crippen LogP contribution in [0, 0.1) is 0 Å². The fraction of sp³-hybridized carbons (Fsp3) is 0.267. The highest BCUT2D eigenvalue weighted by Gasteiger charge is 2.12. The highest BCUT2D eigenvalue weighted by Crippen LogP contribution is 2.18. The van der Waals surface area contributed by atoms with Crippen LogP contribution in [0.2, 0.25) is 0 Å². The third kappa shape index (κ3) is 3.00. The molecule has 0 bridgehead atoms. The van der Waals surface area contributed by atoms with Crippen LogP contribution in [-0.2, 0) is 6.54 Å². The van der Waals surface area contributed by atoms with Gasteiger partial charge in [0.05, 0.1) is 0 Å². The molecule has 3 heteroatoms. The topological polar surface area (TPSA) is 42.1 Å². The lowest BCUT2D eigenvalue weighted by Crippen LogP contribution is -2.31. The fourth-order valence-electron chi connectivity index (χ4n) is 1.91. The average Bonchev–Trinajstić information content (AvgIpc) is 2.37. The van der Waals surface area contributed by atoms with E-state index in [-0.39, 0.29) is 0 Å². The molecule has 0 atom stereocenters. The Hall–Kier alpha value is -2.03. The number of benzene rings is 1. The van der Waals surface area contributed by atoms with Gasteiger partial charge in [-0.15, -0.1) is 0 Å². The van der Waals surface area contributed by atoms with Crippen molar-refractivity contribution in [2.45, 2.75) is 26.4 Å². The number of nitrogens with two attached hydrogens (primary N) is 1. The van der Waals surface area contributed by atoms with Crippen LogP contribution >= 0.6 is 0 Å². The molecule has 0 aliphatic rings. The van der Waals surface area contributed by atoms with Gasteiger partial charge in [0.15, 0.2) is 0 Å². The van der Waals surface area contributed by atoms with E-state index < -0.39 is 0 Å². The summed E-state index contributed by atoms with van der Waals surface area (Å²) in [6, 6.07) is 16.5. The van der Waals surface area contributed by atoms with E-state index in [9.17, 15) is 0 Å². The lowest BCUT2D eigenvalue weighted by Gasteiger charge is -2.28. The molecule has 1 heterocycles. The van der Waals surface area contributed by atoms with Crippen LogP contribution in [0.1, 0.15) is 19.4 Å². The first-order chi connectivity index (χ1) is 8.66. The van der Waals surface area contributed by atoms with Gasteiger partial charge >= 0.3 is 0 Å². The summed E-state index contributed by atoms with van der Waals surface area (Å²) in [6.45, 7) is 5.16. The van der Waals surface area contributed by atoms with E-state index in [1.807, 2.05) is 24.3 Å². The summed E-state index contributed by atoms with van der Waals surface area (Å²) in [5, 5.41) is 0. The number of aromatic nitrogens is 1. The zero-order valence-corrected chi connectivity index (χ0v) is 10.9. The van der Waals surface area contributed by atoms with Crippen molar-refractivity contribution in [3.8, 4) is 0 Å². The van der Waals surface area contributed by atoms with Crippen LogP contribution in [0.5, 0.6) is 0 Å². The first kappa shape index (κ1) is 12.4. The van der Waals surface area contributed by atoms with Crippen molar-refractivity contribution in [3.05, 3.63) is 54.1 Å². The van der Waals surface area contributed by atoms with E-state index in [1.54, 1.807) is 0 Å². The van der Waals surface area contributed by atoms with Gasteiger partial charge in [-0.1, -0.05) is 36.4 Å². The lowest BCUT2D eigenvalue weighted by atomic mass is 10.2. The predicted octanol–water partition coefficient (Wildman–Crippen LogP) is 3.08. The molecular weight excluding hydrogens is 222 g/mol. The maximum atomic E-state index is 5.75. The molecule has 0 amide bonds. The Morgan fingerprint density at radius 3 is 2.39 bits per heavy atom. The van der Waals surface area contributed by atoms with Crippen molar-refractivity contribution < 1.29 is 0 Å². The Balaban J connectivity index is 2.24. The second kappa shape index (κ2) is 5.54. The van der Waals surface area contributed by atoms with Gasteiger partial charge in [0.1, 0.15) is 11.6 Å². The molecule has 2 rings (SSSR count). The number of nitrogens with zero attached hydrogens (tertiary/aromatic N) is 2. The van der Waals surface area contributed by atoms with Crippen LogP contribution in [0.15, 0.2) is 48.5 Å². The molecule has 0 unspecified atom stereocenters. The van der Waals surface area contributed by atoms with Crippen LogP contribution in [-0.4, -0.2) is 11.0 Å². The number of hydrogen-bond acceptors (Lipinski definition) is 3. The van der Waals surface area contributed by atoms with Crippen LogP contribution in [0.4, 0.5) is 11.6 Å². The van der Waals surface area contributed by atoms with Crippen LogP contribution in [0.25, 0.3) is 0 Å². The Morgan fingerprint density at radius 2 is 1.78 bits per heavy atom. The fourth-order valence-corrected chi connectivity index (χ4v) is 1.91. The number of anilines is 2. The molecule has 2 N–H and O–H groups in total. The van der Waals surface area contributed by atoms with Gasteiger partial charge in [0.25, 0.3) is 0 Å². The number of nitrogen functional groups attached to an aromatic ring is 1. The molecule has 3 nitrogen and oxygen atoms in total. The molecular formula is C15H19N3. The van der Waals surface area contributed by atoms with Crippen molar-refractivity contribution in [2.24, 2.45) is 0 Å². The van der Waals surface area contributed by atoms with E-state index in [1.165, 1.54) is 5.56 Å². The number of pyridine rings is 1. The number of rotatable bonds is 4. The van der Waals surface area contributed by atoms with E-state index in [4.69, 9.17) is 5.73 Å². The van der Waals surface area contributed by atoms with Gasteiger partial charge in [-0.25, -0.2) is 4.98 Å². The molecule has 2 aromatic rings. The summed E-state index contributed by atoms with van der Waals surface area (Å²) in [7, 11) is 0. The van der Waals surface area contributed by atoms with E-state index >= 15 is 0 Å². The molecule has 0 radical (unpaired) electrons. The van der Waals surface area contributed by atoms with Crippen molar-refractivity contribution in [1.82, 2.24) is 4.98 Å². The molecule has 0 saturated heterocycles. The summed E-state index contributed by atoms with van der Waals surface area (Å²) < 4.78 is 0. The van der Waals surface area contributed by atoms with Gasteiger partial charge in [-0.05, 0) is 31.5 Å². The van der Waals surface area contributed by atoms with Crippen molar-refractivity contribution in [3.63, 3.8) is 0 Å². The predicted molar refractivity (Wildman–Crippen MR) is 76.4 cm³/mol. The zero-order chi connectivity index (χ0) is 13.0. The Bertz CT molecular complexity index is 494. The van der Waals surface area contributed by atoms with Gasteiger partial charge in [0, 0.05) is 12.6 Å². The maximum absolute atomic E-state index is 5.75. The molecule has 0 fully saturated rings. The maximum Gasteiger partial charge on any atom is 0.131 e. The molecule has 0 aliphatic carbocycles. The summed E-state index contributed by atoms with van der Waals surface area (Å²) in [4.78, 5) is 6.64. The molecule has 0 aliphatic heterocycles. The monoisotopic (exact) mass is 241 g/mol. The quantitative estimate of drug-likeness (QED) is 0.894.